The van der Waals surface area contributed by atoms with E-state index in [-0.39, 0.29) is 6.04 Å². The second kappa shape index (κ2) is 5.06. The maximum absolute atomic E-state index is 5.58. The maximum atomic E-state index is 5.58. The van der Waals surface area contributed by atoms with Crippen LogP contribution in [-0.4, -0.2) is 24.0 Å². The minimum absolute atomic E-state index is 0.193. The maximum Gasteiger partial charge on any atom is 0.0351 e. The first-order valence-electron chi connectivity index (χ1n) is 3.43. The average molecular weight is 140 g/mol. The molecule has 0 saturated heterocycles. The van der Waals surface area contributed by atoms with Gasteiger partial charge in [0.25, 0.3) is 0 Å². The molecule has 0 bridgehead atoms. The molecule has 0 spiro atoms. The van der Waals surface area contributed by atoms with Crippen LogP contribution in [0.3, 0.4) is 0 Å². The molecular formula is C8H16N2. The molecule has 2 N–H and O–H groups in total. The third-order valence-corrected chi connectivity index (χ3v) is 1.14. The number of hydrogen-bond acceptors (Lipinski definition) is 2. The predicted molar refractivity (Wildman–Crippen MR) is 45.6 cm³/mol. The third-order valence-electron chi connectivity index (χ3n) is 1.14. The van der Waals surface area contributed by atoms with E-state index < -0.39 is 0 Å². The lowest BCUT2D eigenvalue weighted by atomic mass is 10.3. The van der Waals surface area contributed by atoms with Crippen LogP contribution in [0.1, 0.15) is 6.92 Å². The van der Waals surface area contributed by atoms with Crippen LogP contribution < -0.4 is 5.73 Å². The molecule has 0 saturated carbocycles. The SMILES string of the molecule is C=CCN(C=C)CC(C)N. The quantitative estimate of drug-likeness (QED) is 0.576. The Morgan fingerprint density at radius 3 is 2.50 bits per heavy atom. The summed E-state index contributed by atoms with van der Waals surface area (Å²) in [4.78, 5) is 2.03. The van der Waals surface area contributed by atoms with Crippen molar-refractivity contribution in [3.8, 4) is 0 Å². The van der Waals surface area contributed by atoms with Gasteiger partial charge >= 0.3 is 0 Å². The highest BCUT2D eigenvalue weighted by molar-refractivity contribution is 4.81. The van der Waals surface area contributed by atoms with Crippen LogP contribution in [0.4, 0.5) is 0 Å². The highest BCUT2D eigenvalue weighted by atomic mass is 15.1. The molecule has 10 heavy (non-hydrogen) atoms. The summed E-state index contributed by atoms with van der Waals surface area (Å²) < 4.78 is 0. The molecule has 0 aliphatic heterocycles. The van der Waals surface area contributed by atoms with Crippen molar-refractivity contribution in [2.24, 2.45) is 5.73 Å². The van der Waals surface area contributed by atoms with Crippen LogP contribution in [0.15, 0.2) is 25.4 Å². The van der Waals surface area contributed by atoms with E-state index in [0.29, 0.717) is 0 Å². The summed E-state index contributed by atoms with van der Waals surface area (Å²) in [6.07, 6.45) is 3.62. The molecule has 2 heteroatoms. The lowest BCUT2D eigenvalue weighted by Gasteiger charge is -2.19. The molecule has 0 aromatic heterocycles. The molecule has 0 fully saturated rings. The first-order chi connectivity index (χ1) is 4.70. The molecule has 0 aliphatic carbocycles. The van der Waals surface area contributed by atoms with Crippen LogP contribution in [0, 0.1) is 0 Å². The summed E-state index contributed by atoms with van der Waals surface area (Å²) in [5.41, 5.74) is 5.58. The van der Waals surface area contributed by atoms with Crippen molar-refractivity contribution in [1.29, 1.82) is 0 Å². The molecule has 0 aromatic rings. The van der Waals surface area contributed by atoms with Crippen LogP contribution in [0.2, 0.25) is 0 Å². The van der Waals surface area contributed by atoms with Gasteiger partial charge in [0.1, 0.15) is 0 Å². The lowest BCUT2D eigenvalue weighted by Crippen LogP contribution is -2.32. The molecule has 58 valence electrons. The van der Waals surface area contributed by atoms with Crippen molar-refractivity contribution in [1.82, 2.24) is 4.90 Å². The minimum atomic E-state index is 0.193. The largest absolute Gasteiger partial charge is 0.373 e. The zero-order valence-electron chi connectivity index (χ0n) is 6.59. The van der Waals surface area contributed by atoms with Crippen molar-refractivity contribution in [3.05, 3.63) is 25.4 Å². The van der Waals surface area contributed by atoms with E-state index in [0.717, 1.165) is 13.1 Å². The smallest absolute Gasteiger partial charge is 0.0351 e. The Kier molecular flexibility index (Phi) is 4.67. The van der Waals surface area contributed by atoms with Gasteiger partial charge in [-0.3, -0.25) is 0 Å². The summed E-state index contributed by atoms with van der Waals surface area (Å²) >= 11 is 0. The highest BCUT2D eigenvalue weighted by Gasteiger charge is 1.98. The molecule has 0 radical (unpaired) electrons. The zero-order valence-corrected chi connectivity index (χ0v) is 6.59. The van der Waals surface area contributed by atoms with Crippen LogP contribution in [0.25, 0.3) is 0 Å². The number of nitrogens with two attached hydrogens (primary N) is 1. The van der Waals surface area contributed by atoms with E-state index >= 15 is 0 Å². The summed E-state index contributed by atoms with van der Waals surface area (Å²) in [5.74, 6) is 0. The fourth-order valence-electron chi connectivity index (χ4n) is 0.759. The standard InChI is InChI=1S/C8H16N2/c1-4-6-10(5-2)7-8(3)9/h4-5,8H,1-2,6-7,9H2,3H3. The van der Waals surface area contributed by atoms with Gasteiger partial charge in [0, 0.05) is 19.1 Å². The number of nitrogens with zero attached hydrogens (tertiary/aromatic N) is 1. The van der Waals surface area contributed by atoms with E-state index in [1.54, 1.807) is 6.20 Å². The van der Waals surface area contributed by atoms with Crippen molar-refractivity contribution >= 4 is 0 Å². The van der Waals surface area contributed by atoms with Gasteiger partial charge in [0.2, 0.25) is 0 Å². The molecule has 1 unspecified atom stereocenters. The summed E-state index contributed by atoms with van der Waals surface area (Å²) in [6, 6.07) is 0.193. The van der Waals surface area contributed by atoms with Gasteiger partial charge in [-0.2, -0.15) is 0 Å². The highest BCUT2D eigenvalue weighted by Crippen LogP contribution is 1.89. The van der Waals surface area contributed by atoms with E-state index in [1.165, 1.54) is 0 Å². The Labute approximate surface area is 63.0 Å². The Morgan fingerprint density at radius 2 is 2.20 bits per heavy atom. The van der Waals surface area contributed by atoms with Crippen molar-refractivity contribution in [2.75, 3.05) is 13.1 Å². The summed E-state index contributed by atoms with van der Waals surface area (Å²) in [6.45, 7) is 10.9. The third kappa shape index (κ3) is 4.15. The summed E-state index contributed by atoms with van der Waals surface area (Å²) in [7, 11) is 0. The van der Waals surface area contributed by atoms with E-state index in [2.05, 4.69) is 13.2 Å². The Hall–Kier alpha value is -0.760. The van der Waals surface area contributed by atoms with E-state index in [4.69, 9.17) is 5.73 Å². The average Bonchev–Trinajstić information content (AvgIpc) is 1.86. The molecule has 0 heterocycles. The van der Waals surface area contributed by atoms with E-state index in [1.807, 2.05) is 17.9 Å². The first-order valence-corrected chi connectivity index (χ1v) is 3.43. The Balaban J connectivity index is 3.59. The zero-order chi connectivity index (χ0) is 7.98. The van der Waals surface area contributed by atoms with E-state index in [9.17, 15) is 0 Å². The number of hydrogen-bond donors (Lipinski definition) is 1. The van der Waals surface area contributed by atoms with Gasteiger partial charge < -0.3 is 10.6 Å². The van der Waals surface area contributed by atoms with Gasteiger partial charge in [0.05, 0.1) is 0 Å². The van der Waals surface area contributed by atoms with Crippen molar-refractivity contribution in [3.63, 3.8) is 0 Å². The van der Waals surface area contributed by atoms with Gasteiger partial charge in [-0.1, -0.05) is 12.7 Å². The second-order valence-corrected chi connectivity index (χ2v) is 2.40. The number of rotatable bonds is 5. The Morgan fingerprint density at radius 1 is 1.60 bits per heavy atom. The molecule has 0 aliphatic rings. The fraction of sp³-hybridized carbons (Fsp3) is 0.500. The minimum Gasteiger partial charge on any atom is -0.373 e. The van der Waals surface area contributed by atoms with Crippen molar-refractivity contribution in [2.45, 2.75) is 13.0 Å². The first kappa shape index (κ1) is 9.24. The van der Waals surface area contributed by atoms with Gasteiger partial charge in [0.15, 0.2) is 0 Å². The molecule has 0 amide bonds. The van der Waals surface area contributed by atoms with Crippen LogP contribution in [0.5, 0.6) is 0 Å². The van der Waals surface area contributed by atoms with Gasteiger partial charge in [-0.05, 0) is 13.1 Å². The molecular weight excluding hydrogens is 124 g/mol. The predicted octanol–water partition coefficient (Wildman–Crippen LogP) is 0.965. The fourth-order valence-corrected chi connectivity index (χ4v) is 0.759. The monoisotopic (exact) mass is 140 g/mol. The lowest BCUT2D eigenvalue weighted by molar-refractivity contribution is 0.390. The Bertz CT molecular complexity index is 108. The topological polar surface area (TPSA) is 29.3 Å². The molecule has 2 nitrogen and oxygen atoms in total. The van der Waals surface area contributed by atoms with Gasteiger partial charge in [-0.15, -0.1) is 6.58 Å². The van der Waals surface area contributed by atoms with Crippen molar-refractivity contribution < 1.29 is 0 Å². The van der Waals surface area contributed by atoms with Gasteiger partial charge in [-0.25, -0.2) is 0 Å². The summed E-state index contributed by atoms with van der Waals surface area (Å²) in [5, 5.41) is 0. The molecule has 0 aromatic carbocycles. The molecule has 1 atom stereocenters. The van der Waals surface area contributed by atoms with Crippen LogP contribution in [-0.2, 0) is 0 Å². The second-order valence-electron chi connectivity index (χ2n) is 2.40. The molecule has 0 rings (SSSR count). The van der Waals surface area contributed by atoms with Crippen LogP contribution >= 0.6 is 0 Å². The normalized spacial score (nSPS) is 12.2.